The van der Waals surface area contributed by atoms with E-state index in [4.69, 9.17) is 11.5 Å². The van der Waals surface area contributed by atoms with Crippen LogP contribution in [0.25, 0.3) is 0 Å². The van der Waals surface area contributed by atoms with Crippen molar-refractivity contribution in [3.63, 3.8) is 0 Å². The molecule has 2 rings (SSSR count). The molecule has 0 saturated heterocycles. The standard InChI is InChI=1S/C14H15FN4O/c1-19(8-9-2-4-10(15)5-3-9)13-6-11(14(17)20)12(16)7-18-13/h2-7H,8,16H2,1H3,(H2,17,20). The summed E-state index contributed by atoms with van der Waals surface area (Å²) in [6.07, 6.45) is 1.40. The maximum absolute atomic E-state index is 12.8. The second kappa shape index (κ2) is 5.56. The molecule has 0 unspecified atom stereocenters. The molecule has 0 bridgehead atoms. The Morgan fingerprint density at radius 2 is 2.00 bits per heavy atom. The van der Waals surface area contributed by atoms with Gasteiger partial charge in [-0.05, 0) is 23.8 Å². The second-order valence-corrected chi connectivity index (χ2v) is 4.48. The number of nitrogen functional groups attached to an aromatic ring is 1. The number of amides is 1. The van der Waals surface area contributed by atoms with Gasteiger partial charge in [-0.25, -0.2) is 9.37 Å². The predicted octanol–water partition coefficient (Wildman–Crippen LogP) is 1.54. The van der Waals surface area contributed by atoms with E-state index >= 15 is 0 Å². The van der Waals surface area contributed by atoms with E-state index in [0.717, 1.165) is 5.56 Å². The van der Waals surface area contributed by atoms with Crippen molar-refractivity contribution in [3.05, 3.63) is 53.5 Å². The molecule has 0 fully saturated rings. The number of carbonyl (C=O) groups excluding carboxylic acids is 1. The highest BCUT2D eigenvalue weighted by Crippen LogP contribution is 2.18. The molecule has 0 aliphatic heterocycles. The van der Waals surface area contributed by atoms with Crippen LogP contribution in [0, 0.1) is 5.82 Å². The van der Waals surface area contributed by atoms with Crippen LogP contribution in [0.1, 0.15) is 15.9 Å². The highest BCUT2D eigenvalue weighted by atomic mass is 19.1. The number of aromatic nitrogens is 1. The average molecular weight is 274 g/mol. The number of pyridine rings is 1. The van der Waals surface area contributed by atoms with E-state index in [0.29, 0.717) is 12.4 Å². The number of benzene rings is 1. The Kier molecular flexibility index (Phi) is 3.84. The van der Waals surface area contributed by atoms with Gasteiger partial charge in [0.1, 0.15) is 11.6 Å². The van der Waals surface area contributed by atoms with Crippen molar-refractivity contribution < 1.29 is 9.18 Å². The Hall–Kier alpha value is -2.63. The lowest BCUT2D eigenvalue weighted by atomic mass is 10.2. The summed E-state index contributed by atoms with van der Waals surface area (Å²) in [7, 11) is 1.81. The van der Waals surface area contributed by atoms with Crippen molar-refractivity contribution >= 4 is 17.4 Å². The molecule has 5 nitrogen and oxygen atoms in total. The molecule has 0 radical (unpaired) electrons. The summed E-state index contributed by atoms with van der Waals surface area (Å²) in [5.41, 5.74) is 12.3. The minimum Gasteiger partial charge on any atom is -0.397 e. The molecule has 1 heterocycles. The minimum absolute atomic E-state index is 0.237. The Labute approximate surface area is 116 Å². The van der Waals surface area contributed by atoms with Crippen molar-refractivity contribution in [2.45, 2.75) is 6.54 Å². The van der Waals surface area contributed by atoms with E-state index in [1.807, 2.05) is 11.9 Å². The summed E-state index contributed by atoms with van der Waals surface area (Å²) in [5.74, 6) is -0.309. The number of hydrogen-bond donors (Lipinski definition) is 2. The Bertz CT molecular complexity index is 628. The number of rotatable bonds is 4. The molecular weight excluding hydrogens is 259 g/mol. The lowest BCUT2D eigenvalue weighted by Gasteiger charge is -2.19. The quantitative estimate of drug-likeness (QED) is 0.885. The SMILES string of the molecule is CN(Cc1ccc(F)cc1)c1cc(C(N)=O)c(N)cn1. The fourth-order valence-electron chi connectivity index (χ4n) is 1.82. The van der Waals surface area contributed by atoms with Crippen molar-refractivity contribution in [2.24, 2.45) is 5.73 Å². The van der Waals surface area contributed by atoms with Crippen LogP contribution in [-0.4, -0.2) is 17.9 Å². The maximum Gasteiger partial charge on any atom is 0.250 e. The zero-order valence-electron chi connectivity index (χ0n) is 11.0. The zero-order valence-corrected chi connectivity index (χ0v) is 11.0. The van der Waals surface area contributed by atoms with Crippen LogP contribution in [0.5, 0.6) is 0 Å². The third-order valence-electron chi connectivity index (χ3n) is 2.91. The lowest BCUT2D eigenvalue weighted by Crippen LogP contribution is -2.20. The van der Waals surface area contributed by atoms with Crippen LogP contribution >= 0.6 is 0 Å². The minimum atomic E-state index is -0.596. The van der Waals surface area contributed by atoms with Crippen LogP contribution in [0.3, 0.4) is 0 Å². The molecule has 0 aliphatic carbocycles. The number of primary amides is 1. The molecule has 0 aliphatic rings. The normalized spacial score (nSPS) is 10.3. The molecule has 1 amide bonds. The van der Waals surface area contributed by atoms with Crippen LogP contribution in [0.2, 0.25) is 0 Å². The van der Waals surface area contributed by atoms with Gasteiger partial charge in [-0.1, -0.05) is 12.1 Å². The van der Waals surface area contributed by atoms with Gasteiger partial charge in [0.15, 0.2) is 0 Å². The van der Waals surface area contributed by atoms with Crippen molar-refractivity contribution in [3.8, 4) is 0 Å². The molecule has 6 heteroatoms. The fourth-order valence-corrected chi connectivity index (χ4v) is 1.82. The van der Waals surface area contributed by atoms with Crippen LogP contribution in [0.4, 0.5) is 15.9 Å². The van der Waals surface area contributed by atoms with Crippen molar-refractivity contribution in [1.82, 2.24) is 4.98 Å². The Morgan fingerprint density at radius 1 is 1.35 bits per heavy atom. The first kappa shape index (κ1) is 13.8. The van der Waals surface area contributed by atoms with Gasteiger partial charge in [0.2, 0.25) is 0 Å². The molecule has 0 spiro atoms. The molecular formula is C14H15FN4O. The van der Waals surface area contributed by atoms with E-state index in [1.165, 1.54) is 18.3 Å². The topological polar surface area (TPSA) is 85.2 Å². The van der Waals surface area contributed by atoms with Gasteiger partial charge in [-0.2, -0.15) is 0 Å². The van der Waals surface area contributed by atoms with Crippen LogP contribution in [0.15, 0.2) is 36.5 Å². The first-order valence-electron chi connectivity index (χ1n) is 5.98. The number of nitrogens with zero attached hydrogens (tertiary/aromatic N) is 2. The van der Waals surface area contributed by atoms with E-state index in [1.54, 1.807) is 18.2 Å². The maximum atomic E-state index is 12.8. The van der Waals surface area contributed by atoms with Gasteiger partial charge < -0.3 is 16.4 Å². The number of anilines is 2. The summed E-state index contributed by atoms with van der Waals surface area (Å²) < 4.78 is 12.8. The molecule has 104 valence electrons. The van der Waals surface area contributed by atoms with E-state index in [9.17, 15) is 9.18 Å². The zero-order chi connectivity index (χ0) is 14.7. The molecule has 1 aromatic heterocycles. The highest BCUT2D eigenvalue weighted by molar-refractivity contribution is 5.98. The molecule has 0 saturated carbocycles. The van der Waals surface area contributed by atoms with Crippen LogP contribution < -0.4 is 16.4 Å². The van der Waals surface area contributed by atoms with Gasteiger partial charge in [-0.3, -0.25) is 4.79 Å². The summed E-state index contributed by atoms with van der Waals surface area (Å²) in [6, 6.07) is 7.72. The first-order chi connectivity index (χ1) is 9.47. The predicted molar refractivity (Wildman–Crippen MR) is 75.7 cm³/mol. The monoisotopic (exact) mass is 274 g/mol. The molecule has 0 atom stereocenters. The number of halogens is 1. The number of nitrogens with two attached hydrogens (primary N) is 2. The Morgan fingerprint density at radius 3 is 2.60 bits per heavy atom. The summed E-state index contributed by atoms with van der Waals surface area (Å²) in [5, 5.41) is 0. The van der Waals surface area contributed by atoms with E-state index in [2.05, 4.69) is 4.98 Å². The second-order valence-electron chi connectivity index (χ2n) is 4.48. The van der Waals surface area contributed by atoms with Gasteiger partial charge >= 0.3 is 0 Å². The lowest BCUT2D eigenvalue weighted by molar-refractivity contribution is 0.100. The van der Waals surface area contributed by atoms with Gasteiger partial charge in [0, 0.05) is 13.6 Å². The average Bonchev–Trinajstić information content (AvgIpc) is 2.41. The molecule has 20 heavy (non-hydrogen) atoms. The van der Waals surface area contributed by atoms with E-state index < -0.39 is 5.91 Å². The smallest absolute Gasteiger partial charge is 0.250 e. The van der Waals surface area contributed by atoms with Gasteiger partial charge in [0.25, 0.3) is 5.91 Å². The third kappa shape index (κ3) is 3.03. The molecule has 1 aromatic carbocycles. The van der Waals surface area contributed by atoms with Crippen molar-refractivity contribution in [2.75, 3.05) is 17.7 Å². The molecule has 2 aromatic rings. The molecule has 4 N–H and O–H groups in total. The van der Waals surface area contributed by atoms with Crippen LogP contribution in [-0.2, 0) is 6.54 Å². The largest absolute Gasteiger partial charge is 0.397 e. The summed E-state index contributed by atoms with van der Waals surface area (Å²) in [4.78, 5) is 17.2. The Balaban J connectivity index is 2.20. The number of carbonyl (C=O) groups is 1. The first-order valence-corrected chi connectivity index (χ1v) is 5.98. The van der Waals surface area contributed by atoms with E-state index in [-0.39, 0.29) is 17.1 Å². The fraction of sp³-hybridized carbons (Fsp3) is 0.143. The number of hydrogen-bond acceptors (Lipinski definition) is 4. The highest BCUT2D eigenvalue weighted by Gasteiger charge is 2.11. The van der Waals surface area contributed by atoms with Gasteiger partial charge in [-0.15, -0.1) is 0 Å². The summed E-state index contributed by atoms with van der Waals surface area (Å²) in [6.45, 7) is 0.523. The van der Waals surface area contributed by atoms with Gasteiger partial charge in [0.05, 0.1) is 17.4 Å². The summed E-state index contributed by atoms with van der Waals surface area (Å²) >= 11 is 0. The third-order valence-corrected chi connectivity index (χ3v) is 2.91. The van der Waals surface area contributed by atoms with Crippen molar-refractivity contribution in [1.29, 1.82) is 0 Å².